The van der Waals surface area contributed by atoms with Gasteiger partial charge in [0.05, 0.1) is 25.2 Å². The summed E-state index contributed by atoms with van der Waals surface area (Å²) in [6.45, 7) is 0.805. The molecule has 0 N–H and O–H groups in total. The normalized spacial score (nSPS) is 14.3. The predicted molar refractivity (Wildman–Crippen MR) is 83.3 cm³/mol. The monoisotopic (exact) mass is 335 g/mol. The van der Waals surface area contributed by atoms with Gasteiger partial charge in [0, 0.05) is 6.07 Å². The lowest BCUT2D eigenvalue weighted by Crippen LogP contribution is -2.56. The van der Waals surface area contributed by atoms with Crippen molar-refractivity contribution in [2.75, 3.05) is 20.2 Å². The maximum absolute atomic E-state index is 12.2. The molecule has 0 bridgehead atoms. The van der Waals surface area contributed by atoms with Crippen molar-refractivity contribution in [3.05, 3.63) is 57.6 Å². The molecule has 0 aliphatic carbocycles. The molecule has 1 fully saturated rings. The minimum absolute atomic E-state index is 0.0213. The van der Waals surface area contributed by atoms with E-state index in [2.05, 4.69) is 0 Å². The van der Waals surface area contributed by atoms with Gasteiger partial charge in [-0.15, -0.1) is 0 Å². The number of carbonyl (C=O) groups is 1. The van der Waals surface area contributed by atoms with E-state index in [1.807, 2.05) is 12.1 Å². The Bertz CT molecular complexity index is 782. The molecule has 0 atom stereocenters. The highest BCUT2D eigenvalue weighted by atomic mass is 35.5. The van der Waals surface area contributed by atoms with Crippen LogP contribution in [0.25, 0.3) is 0 Å². The molecule has 120 valence electrons. The minimum Gasteiger partial charge on any atom is -0.490 e. The van der Waals surface area contributed by atoms with Gasteiger partial charge in [0.25, 0.3) is 5.91 Å². The van der Waals surface area contributed by atoms with Crippen molar-refractivity contribution in [3.8, 4) is 11.5 Å². The van der Waals surface area contributed by atoms with Gasteiger partial charge in [-0.25, -0.2) is 0 Å². The fourth-order valence-corrected chi connectivity index (χ4v) is 2.39. The molecule has 1 amide bonds. The molecule has 1 aliphatic rings. The van der Waals surface area contributed by atoms with E-state index in [1.54, 1.807) is 12.1 Å². The second-order valence-electron chi connectivity index (χ2n) is 5.06. The minimum atomic E-state index is -0.397. The molecule has 1 saturated heterocycles. The lowest BCUT2D eigenvalue weighted by Gasteiger charge is -2.38. The number of hydrogen-bond donors (Lipinski definition) is 0. The number of benzene rings is 1. The zero-order valence-electron chi connectivity index (χ0n) is 12.3. The molecule has 0 saturated carbocycles. The van der Waals surface area contributed by atoms with E-state index in [4.69, 9.17) is 25.5 Å². The van der Waals surface area contributed by atoms with Crippen molar-refractivity contribution in [2.45, 2.75) is 6.10 Å². The van der Waals surface area contributed by atoms with Gasteiger partial charge < -0.3 is 18.8 Å². The van der Waals surface area contributed by atoms with Gasteiger partial charge in [-0.3, -0.25) is 9.59 Å². The SMILES string of the molecule is COc1coc(C(=O)N2CC(Oc3ccccc3Cl)C2)cc1=O. The molecule has 6 nitrogen and oxygen atoms in total. The Hall–Kier alpha value is -2.47. The van der Waals surface area contributed by atoms with Gasteiger partial charge in [-0.1, -0.05) is 23.7 Å². The Morgan fingerprint density at radius 1 is 1.30 bits per heavy atom. The number of ether oxygens (including phenoxy) is 2. The number of likely N-dealkylation sites (tertiary alicyclic amines) is 1. The predicted octanol–water partition coefficient (Wildman–Crippen LogP) is 2.21. The van der Waals surface area contributed by atoms with Gasteiger partial charge in [0.2, 0.25) is 11.2 Å². The number of para-hydroxylation sites is 1. The van der Waals surface area contributed by atoms with Gasteiger partial charge in [-0.05, 0) is 12.1 Å². The van der Waals surface area contributed by atoms with Crippen molar-refractivity contribution >= 4 is 17.5 Å². The summed E-state index contributed by atoms with van der Waals surface area (Å²) in [6.07, 6.45) is 0.997. The first-order chi connectivity index (χ1) is 11.1. The molecule has 3 rings (SSSR count). The zero-order chi connectivity index (χ0) is 16.4. The van der Waals surface area contributed by atoms with Gasteiger partial charge in [-0.2, -0.15) is 0 Å². The second-order valence-corrected chi connectivity index (χ2v) is 5.46. The van der Waals surface area contributed by atoms with Crippen LogP contribution in [-0.2, 0) is 0 Å². The summed E-state index contributed by atoms with van der Waals surface area (Å²) in [5.74, 6) is 0.267. The van der Waals surface area contributed by atoms with E-state index in [9.17, 15) is 9.59 Å². The summed E-state index contributed by atoms with van der Waals surface area (Å²) in [6, 6.07) is 8.29. The van der Waals surface area contributed by atoms with Crippen LogP contribution in [0.1, 0.15) is 10.6 Å². The van der Waals surface area contributed by atoms with Crippen LogP contribution in [0, 0.1) is 0 Å². The van der Waals surface area contributed by atoms with Crippen LogP contribution in [0.3, 0.4) is 0 Å². The van der Waals surface area contributed by atoms with Crippen LogP contribution in [0.4, 0.5) is 0 Å². The molecule has 0 spiro atoms. The average molecular weight is 336 g/mol. The first-order valence-corrected chi connectivity index (χ1v) is 7.33. The van der Waals surface area contributed by atoms with Crippen LogP contribution in [0.2, 0.25) is 5.02 Å². The third-order valence-electron chi connectivity index (χ3n) is 3.49. The van der Waals surface area contributed by atoms with Gasteiger partial charge in [0.1, 0.15) is 18.1 Å². The zero-order valence-corrected chi connectivity index (χ0v) is 13.1. The fraction of sp³-hybridized carbons (Fsp3) is 0.250. The molecule has 0 radical (unpaired) electrons. The molecule has 1 aliphatic heterocycles. The smallest absolute Gasteiger partial charge is 0.289 e. The third kappa shape index (κ3) is 3.17. The number of halogens is 1. The maximum atomic E-state index is 12.2. The van der Waals surface area contributed by atoms with Crippen molar-refractivity contribution in [2.24, 2.45) is 0 Å². The highest BCUT2D eigenvalue weighted by Gasteiger charge is 2.34. The summed E-state index contributed by atoms with van der Waals surface area (Å²) in [4.78, 5) is 25.4. The molecule has 2 aromatic rings. The molecule has 1 aromatic heterocycles. The highest BCUT2D eigenvalue weighted by molar-refractivity contribution is 6.32. The van der Waals surface area contributed by atoms with Gasteiger partial charge >= 0.3 is 0 Å². The standard InChI is InChI=1S/C16H14ClNO5/c1-21-15-9-22-14(6-12(15)19)16(20)18-7-10(8-18)23-13-5-3-2-4-11(13)17/h2-6,9-10H,7-8H2,1H3. The summed E-state index contributed by atoms with van der Waals surface area (Å²) in [5, 5.41) is 0.526. The number of methoxy groups -OCH3 is 1. The topological polar surface area (TPSA) is 69.0 Å². The third-order valence-corrected chi connectivity index (χ3v) is 3.81. The Morgan fingerprint density at radius 3 is 2.70 bits per heavy atom. The number of carbonyl (C=O) groups excluding carboxylic acids is 1. The second kappa shape index (κ2) is 6.34. The average Bonchev–Trinajstić information content (AvgIpc) is 2.51. The molecular weight excluding hydrogens is 322 g/mol. The van der Waals surface area contributed by atoms with Crippen LogP contribution < -0.4 is 14.9 Å². The number of rotatable bonds is 4. The lowest BCUT2D eigenvalue weighted by molar-refractivity contribution is 0.0153. The van der Waals surface area contributed by atoms with Crippen LogP contribution in [0.15, 0.2) is 45.8 Å². The molecule has 1 aromatic carbocycles. The molecule has 7 heteroatoms. The Morgan fingerprint density at radius 2 is 2.04 bits per heavy atom. The van der Waals surface area contributed by atoms with E-state index in [1.165, 1.54) is 12.0 Å². The lowest BCUT2D eigenvalue weighted by atomic mass is 10.1. The first kappa shape index (κ1) is 15.4. The molecular formula is C16H14ClNO5. The Kier molecular flexibility index (Phi) is 4.25. The summed E-state index contributed by atoms with van der Waals surface area (Å²) >= 11 is 6.02. The van der Waals surface area contributed by atoms with E-state index in [0.717, 1.165) is 12.3 Å². The quantitative estimate of drug-likeness (QED) is 0.856. The van der Waals surface area contributed by atoms with E-state index < -0.39 is 5.43 Å². The Balaban J connectivity index is 1.61. The number of hydrogen-bond acceptors (Lipinski definition) is 5. The van der Waals surface area contributed by atoms with Crippen LogP contribution in [-0.4, -0.2) is 37.1 Å². The molecule has 2 heterocycles. The Labute approximate surface area is 137 Å². The number of amides is 1. The summed E-state index contributed by atoms with van der Waals surface area (Å²) in [7, 11) is 1.36. The van der Waals surface area contributed by atoms with Crippen LogP contribution >= 0.6 is 11.6 Å². The van der Waals surface area contributed by atoms with E-state index >= 15 is 0 Å². The molecule has 23 heavy (non-hydrogen) atoms. The van der Waals surface area contributed by atoms with Crippen LogP contribution in [0.5, 0.6) is 11.5 Å². The van der Waals surface area contributed by atoms with Gasteiger partial charge in [0.15, 0.2) is 5.76 Å². The van der Waals surface area contributed by atoms with E-state index in [-0.39, 0.29) is 23.5 Å². The van der Waals surface area contributed by atoms with E-state index in [0.29, 0.717) is 23.9 Å². The first-order valence-electron chi connectivity index (χ1n) is 6.96. The highest BCUT2D eigenvalue weighted by Crippen LogP contribution is 2.26. The number of nitrogens with zero attached hydrogens (tertiary/aromatic N) is 1. The largest absolute Gasteiger partial charge is 0.490 e. The maximum Gasteiger partial charge on any atom is 0.289 e. The summed E-state index contributed by atoms with van der Waals surface area (Å²) < 4.78 is 15.7. The van der Waals surface area contributed by atoms with Crippen molar-refractivity contribution in [1.29, 1.82) is 0 Å². The summed E-state index contributed by atoms with van der Waals surface area (Å²) in [5.41, 5.74) is -0.397. The van der Waals surface area contributed by atoms with Crippen molar-refractivity contribution < 1.29 is 18.7 Å². The molecule has 0 unspecified atom stereocenters. The fourth-order valence-electron chi connectivity index (χ4n) is 2.21. The van der Waals surface area contributed by atoms with Crippen molar-refractivity contribution in [3.63, 3.8) is 0 Å². The van der Waals surface area contributed by atoms with Crippen molar-refractivity contribution in [1.82, 2.24) is 4.90 Å².